The second kappa shape index (κ2) is 2.83. The quantitative estimate of drug-likeness (QED) is 0.809. The van der Waals surface area contributed by atoms with Gasteiger partial charge in [-0.05, 0) is 32.4 Å². The Bertz CT molecular complexity index is 444. The van der Waals surface area contributed by atoms with Gasteiger partial charge in [0.05, 0.1) is 0 Å². The van der Waals surface area contributed by atoms with E-state index in [2.05, 4.69) is 31.5 Å². The van der Waals surface area contributed by atoms with Gasteiger partial charge in [-0.2, -0.15) is 4.68 Å². The fourth-order valence-electron chi connectivity index (χ4n) is 0.756. The summed E-state index contributed by atoms with van der Waals surface area (Å²) in [6, 6.07) is 1.80. The van der Waals surface area contributed by atoms with Gasteiger partial charge in [0.2, 0.25) is 0 Å². The van der Waals surface area contributed by atoms with Gasteiger partial charge in [0.1, 0.15) is 5.00 Å². The standard InChI is InChI=1S/C5H3BrN4OS/c6-3-1-4(12-2-3)10-5(11)7-8-9-10/h1-2H,(H,7,9,11). The molecule has 0 aliphatic rings. The molecule has 0 fully saturated rings. The van der Waals surface area contributed by atoms with Crippen LogP contribution >= 0.6 is 27.3 Å². The van der Waals surface area contributed by atoms with E-state index in [0.717, 1.165) is 9.47 Å². The molecule has 12 heavy (non-hydrogen) atoms. The molecule has 0 saturated carbocycles. The second-order valence-corrected chi connectivity index (χ2v) is 3.83. The maximum absolute atomic E-state index is 11.0. The van der Waals surface area contributed by atoms with Crippen molar-refractivity contribution in [2.45, 2.75) is 0 Å². The van der Waals surface area contributed by atoms with Crippen LogP contribution < -0.4 is 5.69 Å². The fourth-order valence-corrected chi connectivity index (χ4v) is 2.12. The first-order valence-corrected chi connectivity index (χ1v) is 4.69. The Kier molecular flexibility index (Phi) is 1.81. The normalized spacial score (nSPS) is 10.4. The summed E-state index contributed by atoms with van der Waals surface area (Å²) in [5.41, 5.74) is -0.329. The third-order valence-electron chi connectivity index (χ3n) is 1.23. The van der Waals surface area contributed by atoms with Crippen molar-refractivity contribution in [3.63, 3.8) is 0 Å². The largest absolute Gasteiger partial charge is 0.366 e. The van der Waals surface area contributed by atoms with Crippen molar-refractivity contribution in [2.24, 2.45) is 0 Å². The van der Waals surface area contributed by atoms with E-state index in [1.807, 2.05) is 5.38 Å². The molecule has 0 unspecified atom stereocenters. The van der Waals surface area contributed by atoms with Gasteiger partial charge in [-0.3, -0.25) is 0 Å². The molecule has 2 aromatic rings. The highest BCUT2D eigenvalue weighted by molar-refractivity contribution is 9.10. The maximum Gasteiger partial charge on any atom is 0.366 e. The SMILES string of the molecule is O=c1[nH]nnn1-c1cc(Br)cs1. The van der Waals surface area contributed by atoms with Crippen LogP contribution in [0.3, 0.4) is 0 Å². The van der Waals surface area contributed by atoms with Gasteiger partial charge < -0.3 is 0 Å². The number of hydrogen-bond donors (Lipinski definition) is 1. The summed E-state index contributed by atoms with van der Waals surface area (Å²) >= 11 is 4.69. The topological polar surface area (TPSA) is 63.6 Å². The summed E-state index contributed by atoms with van der Waals surface area (Å²) in [4.78, 5) is 11.0. The van der Waals surface area contributed by atoms with Crippen LogP contribution in [-0.4, -0.2) is 20.2 Å². The lowest BCUT2D eigenvalue weighted by atomic mass is 10.6. The predicted octanol–water partition coefficient (Wildman–Crippen LogP) is 0.780. The fraction of sp³-hybridized carbons (Fsp3) is 0. The van der Waals surface area contributed by atoms with Crippen LogP contribution in [0.25, 0.3) is 5.00 Å². The smallest absolute Gasteiger partial charge is 0.244 e. The van der Waals surface area contributed by atoms with Gasteiger partial charge in [0.15, 0.2) is 0 Å². The first kappa shape index (κ1) is 7.69. The number of tetrazole rings is 1. The van der Waals surface area contributed by atoms with Gasteiger partial charge in [-0.25, -0.2) is 9.89 Å². The number of H-pyrrole nitrogens is 1. The molecule has 0 spiro atoms. The molecule has 0 aliphatic heterocycles. The van der Waals surface area contributed by atoms with Crippen LogP contribution in [0.15, 0.2) is 20.7 Å². The highest BCUT2D eigenvalue weighted by atomic mass is 79.9. The third kappa shape index (κ3) is 1.21. The highest BCUT2D eigenvalue weighted by Crippen LogP contribution is 2.21. The molecule has 0 radical (unpaired) electrons. The monoisotopic (exact) mass is 246 g/mol. The summed E-state index contributed by atoms with van der Waals surface area (Å²) in [7, 11) is 0. The van der Waals surface area contributed by atoms with Crippen LogP contribution in [0.2, 0.25) is 0 Å². The van der Waals surface area contributed by atoms with E-state index in [1.54, 1.807) is 6.07 Å². The number of aromatic amines is 1. The lowest BCUT2D eigenvalue weighted by molar-refractivity contribution is 0.789. The number of nitrogens with zero attached hydrogens (tertiary/aromatic N) is 3. The van der Waals surface area contributed by atoms with Crippen molar-refractivity contribution in [3.8, 4) is 5.00 Å². The summed E-state index contributed by atoms with van der Waals surface area (Å²) in [6.07, 6.45) is 0. The van der Waals surface area contributed by atoms with Crippen LogP contribution in [-0.2, 0) is 0 Å². The average Bonchev–Trinajstić information content (AvgIpc) is 2.58. The Morgan fingerprint density at radius 3 is 3.00 bits per heavy atom. The first-order valence-electron chi connectivity index (χ1n) is 3.02. The molecule has 0 bridgehead atoms. The van der Waals surface area contributed by atoms with E-state index in [-0.39, 0.29) is 5.69 Å². The van der Waals surface area contributed by atoms with Crippen LogP contribution in [0.1, 0.15) is 0 Å². The molecule has 2 aromatic heterocycles. The summed E-state index contributed by atoms with van der Waals surface area (Å²) in [5, 5.41) is 11.8. The third-order valence-corrected chi connectivity index (χ3v) is 2.90. The van der Waals surface area contributed by atoms with Gasteiger partial charge in [0, 0.05) is 9.85 Å². The first-order chi connectivity index (χ1) is 5.77. The van der Waals surface area contributed by atoms with Crippen LogP contribution in [0.5, 0.6) is 0 Å². The van der Waals surface area contributed by atoms with Crippen molar-refractivity contribution in [2.75, 3.05) is 0 Å². The van der Waals surface area contributed by atoms with E-state index in [0.29, 0.717) is 0 Å². The number of thiophene rings is 1. The van der Waals surface area contributed by atoms with Gasteiger partial charge >= 0.3 is 5.69 Å². The molecule has 0 atom stereocenters. The van der Waals surface area contributed by atoms with Crippen molar-refractivity contribution in [1.82, 2.24) is 20.2 Å². The number of hydrogen-bond acceptors (Lipinski definition) is 4. The molecule has 0 aromatic carbocycles. The highest BCUT2D eigenvalue weighted by Gasteiger charge is 2.04. The predicted molar refractivity (Wildman–Crippen MR) is 47.6 cm³/mol. The molecule has 2 rings (SSSR count). The maximum atomic E-state index is 11.0. The second-order valence-electron chi connectivity index (χ2n) is 2.02. The minimum absolute atomic E-state index is 0.329. The zero-order valence-corrected chi connectivity index (χ0v) is 8.09. The summed E-state index contributed by atoms with van der Waals surface area (Å²) in [6.45, 7) is 0. The molecule has 7 heteroatoms. The Balaban J connectivity index is 2.58. The van der Waals surface area contributed by atoms with Gasteiger partial charge in [0.25, 0.3) is 0 Å². The van der Waals surface area contributed by atoms with Gasteiger partial charge in [-0.15, -0.1) is 11.3 Å². The zero-order chi connectivity index (χ0) is 8.55. The number of rotatable bonds is 1. The molecule has 0 saturated heterocycles. The molecular weight excluding hydrogens is 244 g/mol. The van der Waals surface area contributed by atoms with Crippen LogP contribution in [0.4, 0.5) is 0 Å². The average molecular weight is 247 g/mol. The van der Waals surface area contributed by atoms with E-state index in [1.165, 1.54) is 16.0 Å². The lowest BCUT2D eigenvalue weighted by Crippen LogP contribution is -2.14. The van der Waals surface area contributed by atoms with Crippen molar-refractivity contribution < 1.29 is 0 Å². The molecule has 2 heterocycles. The van der Waals surface area contributed by atoms with Gasteiger partial charge in [-0.1, -0.05) is 0 Å². The summed E-state index contributed by atoms with van der Waals surface area (Å²) in [5.74, 6) is 0. The Morgan fingerprint density at radius 1 is 1.67 bits per heavy atom. The molecule has 1 N–H and O–H groups in total. The molecule has 5 nitrogen and oxygen atoms in total. The minimum Gasteiger partial charge on any atom is -0.244 e. The number of nitrogens with one attached hydrogen (secondary N) is 1. The van der Waals surface area contributed by atoms with Crippen molar-refractivity contribution in [1.29, 1.82) is 0 Å². The molecule has 0 aliphatic carbocycles. The Labute approximate surface area is 79.1 Å². The Morgan fingerprint density at radius 2 is 2.50 bits per heavy atom. The van der Waals surface area contributed by atoms with E-state index >= 15 is 0 Å². The molecular formula is C5H3BrN4OS. The number of aromatic nitrogens is 4. The van der Waals surface area contributed by atoms with Crippen molar-refractivity contribution in [3.05, 3.63) is 26.4 Å². The molecule has 62 valence electrons. The number of halogens is 1. The molecule has 0 amide bonds. The minimum atomic E-state index is -0.329. The Hall–Kier alpha value is -0.950. The van der Waals surface area contributed by atoms with Crippen molar-refractivity contribution >= 4 is 27.3 Å². The zero-order valence-electron chi connectivity index (χ0n) is 5.69. The van der Waals surface area contributed by atoms with E-state index < -0.39 is 0 Å². The lowest BCUT2D eigenvalue weighted by Gasteiger charge is -1.87. The summed E-state index contributed by atoms with van der Waals surface area (Å²) < 4.78 is 2.13. The van der Waals surface area contributed by atoms with Crippen LogP contribution in [0, 0.1) is 0 Å². The van der Waals surface area contributed by atoms with E-state index in [4.69, 9.17) is 0 Å². The van der Waals surface area contributed by atoms with E-state index in [9.17, 15) is 4.79 Å².